The Morgan fingerprint density at radius 3 is 2.91 bits per heavy atom. The number of likely N-dealkylation sites (N-methyl/N-ethyl adjacent to an activating group) is 1. The van der Waals surface area contributed by atoms with Gasteiger partial charge in [-0.25, -0.2) is 0 Å². The first kappa shape index (κ1) is 7.06. The smallest absolute Gasteiger partial charge is 0.248 e. The van der Waals surface area contributed by atoms with E-state index in [1.54, 1.807) is 11.9 Å². The normalized spacial score (nSPS) is 37.5. The number of carbonyl (C=O) groups excluding carboxylic acids is 1. The number of hydrogen-bond donors (Lipinski definition) is 0. The minimum Gasteiger partial charge on any atom is -0.368 e. The van der Waals surface area contributed by atoms with Crippen LogP contribution in [0.1, 0.15) is 0 Å². The summed E-state index contributed by atoms with van der Waals surface area (Å²) in [4.78, 5) is 12.7. The first-order valence-electron chi connectivity index (χ1n) is 3.68. The van der Waals surface area contributed by atoms with Gasteiger partial charge in [0.25, 0.3) is 0 Å². The van der Waals surface area contributed by atoms with E-state index < -0.39 is 0 Å². The third-order valence-electron chi connectivity index (χ3n) is 2.09. The summed E-state index contributed by atoms with van der Waals surface area (Å²) in [6.45, 7) is 2.15. The van der Waals surface area contributed by atoms with Crippen molar-refractivity contribution in [3.05, 3.63) is 0 Å². The highest BCUT2D eigenvalue weighted by Gasteiger charge is 2.48. The van der Waals surface area contributed by atoms with Crippen LogP contribution >= 0.6 is 0 Å². The highest BCUT2D eigenvalue weighted by Crippen LogP contribution is 2.29. The number of ether oxygens (including phenoxy) is 2. The quantitative estimate of drug-likeness (QED) is 0.434. The molecule has 2 heterocycles. The maximum atomic E-state index is 11.1. The average molecular weight is 157 g/mol. The summed E-state index contributed by atoms with van der Waals surface area (Å²) < 4.78 is 10.4. The van der Waals surface area contributed by atoms with Crippen molar-refractivity contribution in [1.29, 1.82) is 0 Å². The van der Waals surface area contributed by atoms with Crippen molar-refractivity contribution < 1.29 is 14.3 Å². The molecule has 2 rings (SSSR count). The summed E-state index contributed by atoms with van der Waals surface area (Å²) in [5.41, 5.74) is -0.152. The summed E-state index contributed by atoms with van der Waals surface area (Å²) >= 11 is 0. The monoisotopic (exact) mass is 157 g/mol. The van der Waals surface area contributed by atoms with E-state index in [9.17, 15) is 4.79 Å². The van der Waals surface area contributed by atoms with Gasteiger partial charge in [-0.1, -0.05) is 0 Å². The molecule has 0 bridgehead atoms. The molecule has 11 heavy (non-hydrogen) atoms. The van der Waals surface area contributed by atoms with Crippen molar-refractivity contribution in [3.63, 3.8) is 0 Å². The molecule has 0 aromatic carbocycles. The number of hydrogen-bond acceptors (Lipinski definition) is 3. The molecule has 2 aliphatic heterocycles. The molecule has 1 spiro atoms. The first-order chi connectivity index (χ1) is 5.22. The number of nitrogens with zero attached hydrogens (tertiary/aromatic N) is 1. The Balaban J connectivity index is 2.06. The predicted molar refractivity (Wildman–Crippen MR) is 37.1 cm³/mol. The number of rotatable bonds is 0. The Labute approximate surface area is 65.1 Å². The van der Waals surface area contributed by atoms with Crippen LogP contribution in [0, 0.1) is 0 Å². The zero-order chi connectivity index (χ0) is 7.90. The second kappa shape index (κ2) is 2.19. The molecule has 1 amide bonds. The molecular weight excluding hydrogens is 146 g/mol. The van der Waals surface area contributed by atoms with Crippen LogP contribution in [0.3, 0.4) is 0 Å². The van der Waals surface area contributed by atoms with Crippen molar-refractivity contribution in [2.24, 2.45) is 0 Å². The van der Waals surface area contributed by atoms with Crippen LogP contribution < -0.4 is 0 Å². The predicted octanol–water partition coefficient (Wildman–Crippen LogP) is -0.756. The summed E-state index contributed by atoms with van der Waals surface area (Å²) in [6.07, 6.45) is 0. The standard InChI is InChI=1S/C7H11NO3/c1-8-3-7(5-11-7)4-10-2-6(8)9/h2-5H2,1H3. The van der Waals surface area contributed by atoms with Crippen LogP contribution in [0.5, 0.6) is 0 Å². The topological polar surface area (TPSA) is 42.1 Å². The molecular formula is C7H11NO3. The molecule has 0 aromatic heterocycles. The Kier molecular flexibility index (Phi) is 1.40. The van der Waals surface area contributed by atoms with Gasteiger partial charge in [-0.15, -0.1) is 0 Å². The zero-order valence-electron chi connectivity index (χ0n) is 6.50. The van der Waals surface area contributed by atoms with E-state index in [0.717, 1.165) is 6.61 Å². The molecule has 2 aliphatic rings. The van der Waals surface area contributed by atoms with Gasteiger partial charge in [0, 0.05) is 7.05 Å². The SMILES string of the molecule is CN1CC2(COCC1=O)CO2. The highest BCUT2D eigenvalue weighted by atomic mass is 16.6. The van der Waals surface area contributed by atoms with Crippen molar-refractivity contribution in [3.8, 4) is 0 Å². The molecule has 62 valence electrons. The van der Waals surface area contributed by atoms with E-state index in [2.05, 4.69) is 0 Å². The zero-order valence-corrected chi connectivity index (χ0v) is 6.50. The maximum Gasteiger partial charge on any atom is 0.248 e. The van der Waals surface area contributed by atoms with Gasteiger partial charge in [-0.05, 0) is 0 Å². The number of epoxide rings is 1. The lowest BCUT2D eigenvalue weighted by Gasteiger charge is -2.15. The molecule has 0 aliphatic carbocycles. The van der Waals surface area contributed by atoms with Crippen molar-refractivity contribution in [2.75, 3.05) is 33.4 Å². The van der Waals surface area contributed by atoms with E-state index in [-0.39, 0.29) is 18.1 Å². The fourth-order valence-corrected chi connectivity index (χ4v) is 1.28. The van der Waals surface area contributed by atoms with Crippen LogP contribution in [0.4, 0.5) is 0 Å². The minimum atomic E-state index is -0.152. The van der Waals surface area contributed by atoms with Crippen molar-refractivity contribution >= 4 is 5.91 Å². The average Bonchev–Trinajstić information content (AvgIpc) is 2.69. The lowest BCUT2D eigenvalue weighted by atomic mass is 10.2. The molecule has 0 saturated carbocycles. The number of carbonyl (C=O) groups is 1. The van der Waals surface area contributed by atoms with Gasteiger partial charge in [0.15, 0.2) is 0 Å². The van der Waals surface area contributed by atoms with Gasteiger partial charge < -0.3 is 14.4 Å². The lowest BCUT2D eigenvalue weighted by Crippen LogP contribution is -2.35. The van der Waals surface area contributed by atoms with E-state index in [1.807, 2.05) is 0 Å². The summed E-state index contributed by atoms with van der Waals surface area (Å²) in [5, 5.41) is 0. The minimum absolute atomic E-state index is 0.0392. The van der Waals surface area contributed by atoms with E-state index in [1.165, 1.54) is 0 Å². The Morgan fingerprint density at radius 2 is 2.27 bits per heavy atom. The van der Waals surface area contributed by atoms with Crippen LogP contribution in [0.2, 0.25) is 0 Å². The van der Waals surface area contributed by atoms with Gasteiger partial charge in [0.2, 0.25) is 5.91 Å². The fourth-order valence-electron chi connectivity index (χ4n) is 1.28. The molecule has 1 atom stereocenters. The molecule has 4 heteroatoms. The van der Waals surface area contributed by atoms with Gasteiger partial charge in [0.05, 0.1) is 19.8 Å². The number of amides is 1. The third kappa shape index (κ3) is 1.23. The second-order valence-corrected chi connectivity index (χ2v) is 3.21. The van der Waals surface area contributed by atoms with E-state index in [0.29, 0.717) is 13.2 Å². The molecule has 2 saturated heterocycles. The maximum absolute atomic E-state index is 11.1. The van der Waals surface area contributed by atoms with E-state index in [4.69, 9.17) is 9.47 Å². The molecule has 0 radical (unpaired) electrons. The summed E-state index contributed by atoms with van der Waals surface area (Å²) in [6, 6.07) is 0. The molecule has 0 aromatic rings. The fraction of sp³-hybridized carbons (Fsp3) is 0.857. The van der Waals surface area contributed by atoms with Crippen LogP contribution in [0.25, 0.3) is 0 Å². The molecule has 4 nitrogen and oxygen atoms in total. The van der Waals surface area contributed by atoms with Gasteiger partial charge in [-0.3, -0.25) is 4.79 Å². The Hall–Kier alpha value is -0.610. The van der Waals surface area contributed by atoms with Crippen LogP contribution in [-0.2, 0) is 14.3 Å². The van der Waals surface area contributed by atoms with Crippen molar-refractivity contribution in [2.45, 2.75) is 5.60 Å². The second-order valence-electron chi connectivity index (χ2n) is 3.21. The van der Waals surface area contributed by atoms with E-state index >= 15 is 0 Å². The highest BCUT2D eigenvalue weighted by molar-refractivity contribution is 5.77. The van der Waals surface area contributed by atoms with Crippen molar-refractivity contribution in [1.82, 2.24) is 4.90 Å². The van der Waals surface area contributed by atoms with Gasteiger partial charge >= 0.3 is 0 Å². The molecule has 1 unspecified atom stereocenters. The molecule has 2 fully saturated rings. The Bertz CT molecular complexity index is 188. The van der Waals surface area contributed by atoms with Gasteiger partial charge in [-0.2, -0.15) is 0 Å². The summed E-state index contributed by atoms with van der Waals surface area (Å²) in [7, 11) is 1.78. The van der Waals surface area contributed by atoms with Crippen LogP contribution in [0.15, 0.2) is 0 Å². The van der Waals surface area contributed by atoms with Crippen LogP contribution in [-0.4, -0.2) is 49.8 Å². The largest absolute Gasteiger partial charge is 0.368 e. The lowest BCUT2D eigenvalue weighted by molar-refractivity contribution is -0.132. The first-order valence-corrected chi connectivity index (χ1v) is 3.68. The summed E-state index contributed by atoms with van der Waals surface area (Å²) in [5.74, 6) is 0.0392. The van der Waals surface area contributed by atoms with Gasteiger partial charge in [0.1, 0.15) is 12.2 Å². The molecule has 0 N–H and O–H groups in total. The Morgan fingerprint density at radius 1 is 1.55 bits per heavy atom. The third-order valence-corrected chi connectivity index (χ3v) is 2.09.